The fourth-order valence-corrected chi connectivity index (χ4v) is 3.60. The van der Waals surface area contributed by atoms with Crippen LogP contribution in [0.25, 0.3) is 0 Å². The number of para-hydroxylation sites is 1. The highest BCUT2D eigenvalue weighted by Crippen LogP contribution is 2.39. The normalized spacial score (nSPS) is 15.2. The summed E-state index contributed by atoms with van der Waals surface area (Å²) in [7, 11) is 0. The second-order valence-corrected chi connectivity index (χ2v) is 7.40. The lowest BCUT2D eigenvalue weighted by atomic mass is 9.95. The number of benzene rings is 2. The average molecular weight is 418 g/mol. The summed E-state index contributed by atoms with van der Waals surface area (Å²) < 4.78 is 13.4. The van der Waals surface area contributed by atoms with Gasteiger partial charge in [-0.25, -0.2) is 9.48 Å². The summed E-state index contributed by atoms with van der Waals surface area (Å²) in [5.74, 6) is 0.902. The molecule has 1 aromatic heterocycles. The van der Waals surface area contributed by atoms with Gasteiger partial charge in [0.15, 0.2) is 0 Å². The Labute approximate surface area is 181 Å². The Morgan fingerprint density at radius 2 is 1.90 bits per heavy atom. The second kappa shape index (κ2) is 9.47. The van der Waals surface area contributed by atoms with E-state index >= 15 is 0 Å². The molecule has 0 saturated heterocycles. The first-order valence-corrected chi connectivity index (χ1v) is 10.5. The first-order chi connectivity index (χ1) is 15.2. The van der Waals surface area contributed by atoms with Crippen molar-refractivity contribution in [1.29, 1.82) is 0 Å². The molecule has 0 fully saturated rings. The smallest absolute Gasteiger partial charge is 0.338 e. The number of esters is 1. The Morgan fingerprint density at radius 3 is 2.71 bits per heavy atom. The number of carbonyl (C=O) groups excluding carboxylic acids is 1. The molecule has 1 atom stereocenters. The summed E-state index contributed by atoms with van der Waals surface area (Å²) >= 11 is 0. The summed E-state index contributed by atoms with van der Waals surface area (Å²) in [5, 5.41) is 7.55. The first-order valence-electron chi connectivity index (χ1n) is 10.5. The molecule has 0 bridgehead atoms. The van der Waals surface area contributed by atoms with Crippen LogP contribution < -0.4 is 10.1 Å². The van der Waals surface area contributed by atoms with E-state index in [9.17, 15) is 4.79 Å². The largest absolute Gasteiger partial charge is 0.489 e. The summed E-state index contributed by atoms with van der Waals surface area (Å²) in [6, 6.07) is 17.2. The van der Waals surface area contributed by atoms with Gasteiger partial charge in [-0.05, 0) is 25.0 Å². The molecule has 2 aromatic carbocycles. The zero-order chi connectivity index (χ0) is 21.6. The van der Waals surface area contributed by atoms with Crippen molar-refractivity contribution in [1.82, 2.24) is 14.8 Å². The van der Waals surface area contributed by atoms with Crippen molar-refractivity contribution >= 4 is 11.9 Å². The Kier molecular flexibility index (Phi) is 6.31. The minimum Gasteiger partial charge on any atom is -0.489 e. The molecule has 31 heavy (non-hydrogen) atoms. The molecule has 0 amide bonds. The molecule has 1 aliphatic rings. The monoisotopic (exact) mass is 418 g/mol. The number of allylic oxidation sites excluding steroid dienone is 1. The van der Waals surface area contributed by atoms with E-state index in [4.69, 9.17) is 9.47 Å². The fourth-order valence-electron chi connectivity index (χ4n) is 3.60. The lowest BCUT2D eigenvalue weighted by molar-refractivity contribution is -0.139. The summed E-state index contributed by atoms with van der Waals surface area (Å²) in [6.07, 6.45) is 3.25. The molecule has 3 aromatic rings. The number of hydrogen-bond acceptors (Lipinski definition) is 6. The molecule has 0 radical (unpaired) electrons. The van der Waals surface area contributed by atoms with Crippen molar-refractivity contribution in [3.63, 3.8) is 0 Å². The first kappa shape index (κ1) is 20.7. The predicted octanol–water partition coefficient (Wildman–Crippen LogP) is 4.49. The van der Waals surface area contributed by atoms with Crippen molar-refractivity contribution in [2.45, 2.75) is 39.3 Å². The number of hydrogen-bond donors (Lipinski definition) is 1. The van der Waals surface area contributed by atoms with Crippen LogP contribution in [0, 0.1) is 0 Å². The summed E-state index contributed by atoms with van der Waals surface area (Å²) in [4.78, 5) is 17.4. The van der Waals surface area contributed by atoms with Gasteiger partial charge >= 0.3 is 5.97 Å². The van der Waals surface area contributed by atoms with Crippen molar-refractivity contribution < 1.29 is 14.3 Å². The van der Waals surface area contributed by atoms with Crippen LogP contribution in [0.15, 0.2) is 72.2 Å². The van der Waals surface area contributed by atoms with Crippen LogP contribution in [0.2, 0.25) is 0 Å². The van der Waals surface area contributed by atoms with Gasteiger partial charge in [0.1, 0.15) is 24.7 Å². The highest BCUT2D eigenvalue weighted by Gasteiger charge is 2.35. The van der Waals surface area contributed by atoms with Crippen LogP contribution in [0.4, 0.5) is 5.95 Å². The Hall–Kier alpha value is -3.61. The van der Waals surface area contributed by atoms with Crippen molar-refractivity contribution in [3.05, 3.63) is 83.3 Å². The molecule has 2 heterocycles. The third-order valence-corrected chi connectivity index (χ3v) is 5.20. The highest BCUT2D eigenvalue weighted by atomic mass is 16.5. The van der Waals surface area contributed by atoms with E-state index in [2.05, 4.69) is 22.3 Å². The number of fused-ring (bicyclic) bond motifs is 1. The van der Waals surface area contributed by atoms with Gasteiger partial charge in [0, 0.05) is 11.3 Å². The van der Waals surface area contributed by atoms with Crippen LogP contribution in [0.1, 0.15) is 43.9 Å². The average Bonchev–Trinajstić information content (AvgIpc) is 3.26. The van der Waals surface area contributed by atoms with E-state index < -0.39 is 6.04 Å². The molecular formula is C24H26N4O3. The van der Waals surface area contributed by atoms with Gasteiger partial charge in [-0.2, -0.15) is 10.1 Å². The zero-order valence-corrected chi connectivity index (χ0v) is 17.7. The molecule has 0 spiro atoms. The fraction of sp³-hybridized carbons (Fsp3) is 0.292. The zero-order valence-electron chi connectivity index (χ0n) is 17.7. The molecule has 7 heteroatoms. The molecular weight excluding hydrogens is 392 g/mol. The van der Waals surface area contributed by atoms with Gasteiger partial charge in [-0.1, -0.05) is 61.9 Å². The number of nitrogens with one attached hydrogen (secondary N) is 1. The van der Waals surface area contributed by atoms with Gasteiger partial charge < -0.3 is 14.8 Å². The van der Waals surface area contributed by atoms with Gasteiger partial charge in [0.05, 0.1) is 12.2 Å². The third-order valence-electron chi connectivity index (χ3n) is 5.20. The molecule has 0 aliphatic carbocycles. The van der Waals surface area contributed by atoms with E-state index in [1.807, 2.05) is 61.5 Å². The topological polar surface area (TPSA) is 78.3 Å². The minimum absolute atomic E-state index is 0.359. The maximum atomic E-state index is 13.1. The van der Waals surface area contributed by atoms with Crippen LogP contribution in [0.3, 0.4) is 0 Å². The van der Waals surface area contributed by atoms with Crippen molar-refractivity contribution in [2.75, 3.05) is 11.9 Å². The van der Waals surface area contributed by atoms with E-state index in [1.165, 1.54) is 6.33 Å². The number of ether oxygens (including phenoxy) is 2. The standard InChI is InChI=1S/C24H26N4O3/c1-3-4-14-30-23(29)21-17(2)27-24-25-16-26-28(24)22(21)19-12-8-9-13-20(19)31-15-18-10-6-5-7-11-18/h5-13,16,22H,3-4,14-15H2,1-2H3,(H,25,26,27). The van der Waals surface area contributed by atoms with Gasteiger partial charge in [-0.3, -0.25) is 0 Å². The van der Waals surface area contributed by atoms with E-state index in [0.717, 1.165) is 24.0 Å². The van der Waals surface area contributed by atoms with Gasteiger partial charge in [0.25, 0.3) is 0 Å². The van der Waals surface area contributed by atoms with E-state index in [0.29, 0.717) is 36.2 Å². The maximum Gasteiger partial charge on any atom is 0.338 e. The van der Waals surface area contributed by atoms with Gasteiger partial charge in [-0.15, -0.1) is 0 Å². The van der Waals surface area contributed by atoms with E-state index in [1.54, 1.807) is 4.68 Å². The second-order valence-electron chi connectivity index (χ2n) is 7.40. The molecule has 1 unspecified atom stereocenters. The number of rotatable bonds is 8. The van der Waals surface area contributed by atoms with Gasteiger partial charge in [0.2, 0.25) is 5.95 Å². The van der Waals surface area contributed by atoms with Crippen LogP contribution in [-0.4, -0.2) is 27.3 Å². The Bertz CT molecular complexity index is 1080. The molecule has 0 saturated carbocycles. The SMILES string of the molecule is CCCCOC(=O)C1=C(C)Nc2ncnn2C1c1ccccc1OCc1ccccc1. The summed E-state index contributed by atoms with van der Waals surface area (Å²) in [6.45, 7) is 4.72. The summed E-state index contributed by atoms with van der Waals surface area (Å²) in [5.41, 5.74) is 3.10. The van der Waals surface area contributed by atoms with Crippen LogP contribution in [0.5, 0.6) is 5.75 Å². The third kappa shape index (κ3) is 4.45. The predicted molar refractivity (Wildman–Crippen MR) is 118 cm³/mol. The number of aromatic nitrogens is 3. The lowest BCUT2D eigenvalue weighted by Crippen LogP contribution is -2.30. The number of carbonyl (C=O) groups is 1. The van der Waals surface area contributed by atoms with Crippen LogP contribution >= 0.6 is 0 Å². The number of unbranched alkanes of at least 4 members (excludes halogenated alkanes) is 1. The van der Waals surface area contributed by atoms with Crippen LogP contribution in [-0.2, 0) is 16.1 Å². The lowest BCUT2D eigenvalue weighted by Gasteiger charge is -2.29. The Balaban J connectivity index is 1.69. The quantitative estimate of drug-likeness (QED) is 0.429. The number of nitrogens with zero attached hydrogens (tertiary/aromatic N) is 3. The molecule has 160 valence electrons. The molecule has 7 nitrogen and oxygen atoms in total. The van der Waals surface area contributed by atoms with Crippen molar-refractivity contribution in [2.24, 2.45) is 0 Å². The highest BCUT2D eigenvalue weighted by molar-refractivity contribution is 5.92. The molecule has 1 N–H and O–H groups in total. The van der Waals surface area contributed by atoms with E-state index in [-0.39, 0.29) is 5.97 Å². The maximum absolute atomic E-state index is 13.1. The Morgan fingerprint density at radius 1 is 1.13 bits per heavy atom. The molecule has 4 rings (SSSR count). The number of anilines is 1. The minimum atomic E-state index is -0.500. The molecule has 1 aliphatic heterocycles. The van der Waals surface area contributed by atoms with Crippen molar-refractivity contribution in [3.8, 4) is 5.75 Å².